The Morgan fingerprint density at radius 1 is 1.50 bits per heavy atom. The topological polar surface area (TPSA) is 90.9 Å². The third-order valence-corrected chi connectivity index (χ3v) is 3.27. The zero-order valence-electron chi connectivity index (χ0n) is 9.79. The number of hydrogen-bond donors (Lipinski definition) is 1. The van der Waals surface area contributed by atoms with Crippen LogP contribution in [0.4, 0.5) is 0 Å². The molecule has 0 amide bonds. The summed E-state index contributed by atoms with van der Waals surface area (Å²) in [5, 5.41) is 7.72. The van der Waals surface area contributed by atoms with E-state index in [0.717, 1.165) is 0 Å². The molecule has 92 valence electrons. The molecule has 1 heterocycles. The summed E-state index contributed by atoms with van der Waals surface area (Å²) >= 11 is 0. The molecule has 1 aromatic heterocycles. The largest absolute Gasteiger partial charge is 0.321 e. The van der Waals surface area contributed by atoms with Gasteiger partial charge in [0.05, 0.1) is 11.8 Å². The van der Waals surface area contributed by atoms with Crippen LogP contribution in [0.2, 0.25) is 0 Å². The molecule has 16 heavy (non-hydrogen) atoms. The van der Waals surface area contributed by atoms with Gasteiger partial charge in [-0.15, -0.1) is 10.2 Å². The van der Waals surface area contributed by atoms with E-state index in [2.05, 4.69) is 10.2 Å². The highest BCUT2D eigenvalue weighted by Crippen LogP contribution is 2.15. The fourth-order valence-corrected chi connectivity index (χ4v) is 2.07. The van der Waals surface area contributed by atoms with Crippen molar-refractivity contribution in [2.45, 2.75) is 32.4 Å². The van der Waals surface area contributed by atoms with Gasteiger partial charge in [0, 0.05) is 12.3 Å². The molecule has 0 aromatic carbocycles. The molecule has 1 atom stereocenters. The Morgan fingerprint density at radius 3 is 2.62 bits per heavy atom. The second-order valence-corrected chi connectivity index (χ2v) is 6.47. The van der Waals surface area contributed by atoms with Crippen molar-refractivity contribution in [2.75, 3.05) is 12.0 Å². The molecule has 0 aliphatic carbocycles. The van der Waals surface area contributed by atoms with E-state index in [9.17, 15) is 8.42 Å². The van der Waals surface area contributed by atoms with Gasteiger partial charge in [-0.05, 0) is 20.3 Å². The summed E-state index contributed by atoms with van der Waals surface area (Å²) in [7, 11) is -2.98. The van der Waals surface area contributed by atoms with Gasteiger partial charge in [-0.3, -0.25) is 0 Å². The Labute approximate surface area is 95.8 Å². The molecule has 1 rings (SSSR count). The monoisotopic (exact) mass is 246 g/mol. The van der Waals surface area contributed by atoms with Crippen LogP contribution in [-0.2, 0) is 9.84 Å². The highest BCUT2D eigenvalue weighted by atomic mass is 32.2. The Morgan fingerprint density at radius 2 is 2.12 bits per heavy atom. The molecule has 1 aromatic rings. The average molecular weight is 246 g/mol. The standard InChI is InChI=1S/C9H18N4O2S/c1-7(2)13-6-11-12-9(13)8(10)4-5-16(3,14)15/h6-8H,4-5,10H2,1-3H3. The third-order valence-electron chi connectivity index (χ3n) is 2.29. The lowest BCUT2D eigenvalue weighted by molar-refractivity contribution is 0.520. The minimum atomic E-state index is -2.98. The van der Waals surface area contributed by atoms with Gasteiger partial charge in [0.15, 0.2) is 0 Å². The van der Waals surface area contributed by atoms with Crippen molar-refractivity contribution in [2.24, 2.45) is 5.73 Å². The predicted molar refractivity (Wildman–Crippen MR) is 61.7 cm³/mol. The van der Waals surface area contributed by atoms with Gasteiger partial charge in [0.2, 0.25) is 0 Å². The summed E-state index contributed by atoms with van der Waals surface area (Å²) in [5.74, 6) is 0.706. The lowest BCUT2D eigenvalue weighted by Crippen LogP contribution is -2.20. The first-order valence-electron chi connectivity index (χ1n) is 5.14. The van der Waals surface area contributed by atoms with Crippen molar-refractivity contribution in [3.63, 3.8) is 0 Å². The molecular formula is C9H18N4O2S. The third kappa shape index (κ3) is 3.57. The molecule has 0 radical (unpaired) electrons. The van der Waals surface area contributed by atoms with Crippen molar-refractivity contribution in [1.82, 2.24) is 14.8 Å². The molecule has 2 N–H and O–H groups in total. The van der Waals surface area contributed by atoms with Gasteiger partial charge >= 0.3 is 0 Å². The number of sulfone groups is 1. The highest BCUT2D eigenvalue weighted by molar-refractivity contribution is 7.90. The number of nitrogens with two attached hydrogens (primary N) is 1. The molecule has 0 bridgehead atoms. The quantitative estimate of drug-likeness (QED) is 0.806. The second-order valence-electron chi connectivity index (χ2n) is 4.22. The van der Waals surface area contributed by atoms with Crippen molar-refractivity contribution in [3.8, 4) is 0 Å². The van der Waals surface area contributed by atoms with Crippen LogP contribution in [0, 0.1) is 0 Å². The van der Waals surface area contributed by atoms with E-state index >= 15 is 0 Å². The van der Waals surface area contributed by atoms with E-state index in [-0.39, 0.29) is 17.8 Å². The number of rotatable bonds is 5. The molecular weight excluding hydrogens is 228 g/mol. The Hall–Kier alpha value is -0.950. The maximum Gasteiger partial charge on any atom is 0.150 e. The van der Waals surface area contributed by atoms with Gasteiger partial charge in [-0.2, -0.15) is 0 Å². The van der Waals surface area contributed by atoms with Crippen LogP contribution in [0.1, 0.15) is 38.2 Å². The molecule has 0 saturated heterocycles. The Bertz CT molecular complexity index is 438. The van der Waals surface area contributed by atoms with Gasteiger partial charge in [-0.25, -0.2) is 8.42 Å². The van der Waals surface area contributed by atoms with Gasteiger partial charge in [-0.1, -0.05) is 0 Å². The van der Waals surface area contributed by atoms with Gasteiger partial charge in [0.25, 0.3) is 0 Å². The summed E-state index contributed by atoms with van der Waals surface area (Å²) in [6, 6.07) is -0.172. The smallest absolute Gasteiger partial charge is 0.150 e. The molecule has 1 unspecified atom stereocenters. The van der Waals surface area contributed by atoms with Crippen molar-refractivity contribution in [1.29, 1.82) is 0 Å². The maximum absolute atomic E-state index is 11.0. The van der Waals surface area contributed by atoms with E-state index < -0.39 is 9.84 Å². The zero-order chi connectivity index (χ0) is 12.3. The van der Waals surface area contributed by atoms with E-state index in [1.165, 1.54) is 6.26 Å². The Kier molecular flexibility index (Phi) is 4.03. The van der Waals surface area contributed by atoms with E-state index in [4.69, 9.17) is 5.73 Å². The average Bonchev–Trinajstić information content (AvgIpc) is 2.61. The van der Waals surface area contributed by atoms with Crippen LogP contribution in [-0.4, -0.2) is 35.2 Å². The summed E-state index contributed by atoms with van der Waals surface area (Å²) in [6.45, 7) is 3.99. The van der Waals surface area contributed by atoms with Crippen LogP contribution in [0.15, 0.2) is 6.33 Å². The lowest BCUT2D eigenvalue weighted by atomic mass is 10.2. The summed E-state index contributed by atoms with van der Waals surface area (Å²) < 4.78 is 23.9. The molecule has 0 spiro atoms. The summed E-state index contributed by atoms with van der Waals surface area (Å²) in [6.07, 6.45) is 3.18. The normalized spacial score (nSPS) is 14.3. The van der Waals surface area contributed by atoms with Crippen LogP contribution >= 0.6 is 0 Å². The second kappa shape index (κ2) is 4.92. The first kappa shape index (κ1) is 13.1. The predicted octanol–water partition coefficient (Wildman–Crippen LogP) is 0.293. The fraction of sp³-hybridized carbons (Fsp3) is 0.778. The molecule has 6 nitrogen and oxygen atoms in total. The number of aromatic nitrogens is 3. The van der Waals surface area contributed by atoms with Gasteiger partial charge in [0.1, 0.15) is 22.0 Å². The lowest BCUT2D eigenvalue weighted by Gasteiger charge is -2.14. The van der Waals surface area contributed by atoms with Crippen LogP contribution in [0.5, 0.6) is 0 Å². The molecule has 0 saturated carbocycles. The van der Waals surface area contributed by atoms with E-state index in [1.807, 2.05) is 18.4 Å². The first-order valence-corrected chi connectivity index (χ1v) is 7.20. The van der Waals surface area contributed by atoms with E-state index in [1.54, 1.807) is 6.33 Å². The minimum absolute atomic E-state index is 0.0686. The maximum atomic E-state index is 11.0. The van der Waals surface area contributed by atoms with Crippen molar-refractivity contribution in [3.05, 3.63) is 12.2 Å². The molecule has 7 heteroatoms. The number of hydrogen-bond acceptors (Lipinski definition) is 5. The highest BCUT2D eigenvalue weighted by Gasteiger charge is 2.17. The number of nitrogens with zero attached hydrogens (tertiary/aromatic N) is 3. The minimum Gasteiger partial charge on any atom is -0.321 e. The fourth-order valence-electron chi connectivity index (χ4n) is 1.39. The van der Waals surface area contributed by atoms with Crippen molar-refractivity contribution < 1.29 is 8.42 Å². The van der Waals surface area contributed by atoms with Gasteiger partial charge < -0.3 is 10.3 Å². The first-order chi connectivity index (χ1) is 7.31. The van der Waals surface area contributed by atoms with E-state index in [0.29, 0.717) is 12.2 Å². The Balaban J connectivity index is 2.73. The summed E-state index contributed by atoms with van der Waals surface area (Å²) in [5.41, 5.74) is 5.90. The van der Waals surface area contributed by atoms with Crippen LogP contribution in [0.3, 0.4) is 0 Å². The SMILES string of the molecule is CC(C)n1cnnc1C(N)CCS(C)(=O)=O. The molecule has 0 aliphatic heterocycles. The molecule has 0 aliphatic rings. The zero-order valence-corrected chi connectivity index (χ0v) is 10.6. The van der Waals surface area contributed by atoms with Crippen LogP contribution < -0.4 is 5.73 Å². The van der Waals surface area contributed by atoms with Crippen LogP contribution in [0.25, 0.3) is 0 Å². The summed E-state index contributed by atoms with van der Waals surface area (Å²) in [4.78, 5) is 0. The van der Waals surface area contributed by atoms with Crippen molar-refractivity contribution >= 4 is 9.84 Å². The molecule has 0 fully saturated rings.